The van der Waals surface area contributed by atoms with Crippen LogP contribution >= 0.6 is 11.6 Å². The summed E-state index contributed by atoms with van der Waals surface area (Å²) < 4.78 is 0. The Morgan fingerprint density at radius 1 is 1.52 bits per heavy atom. The molecular formula is C16H25ClN4. The van der Waals surface area contributed by atoms with Gasteiger partial charge in [0, 0.05) is 29.7 Å². The molecule has 116 valence electrons. The molecule has 1 aromatic carbocycles. The number of hydrogen-bond donors (Lipinski definition) is 2. The fourth-order valence-electron chi connectivity index (χ4n) is 3.08. The number of nitrogens with zero attached hydrogens (tertiary/aromatic N) is 2. The van der Waals surface area contributed by atoms with Gasteiger partial charge in [-0.05, 0) is 44.6 Å². The zero-order chi connectivity index (χ0) is 15.4. The van der Waals surface area contributed by atoms with E-state index in [1.54, 1.807) is 6.07 Å². The van der Waals surface area contributed by atoms with Crippen molar-refractivity contribution in [2.75, 3.05) is 26.7 Å². The van der Waals surface area contributed by atoms with Crippen molar-refractivity contribution in [1.29, 1.82) is 5.41 Å². The molecule has 1 atom stereocenters. The van der Waals surface area contributed by atoms with Crippen molar-refractivity contribution in [3.05, 3.63) is 34.3 Å². The number of halogens is 1. The van der Waals surface area contributed by atoms with Gasteiger partial charge in [0.25, 0.3) is 0 Å². The summed E-state index contributed by atoms with van der Waals surface area (Å²) in [5.41, 5.74) is 7.25. The van der Waals surface area contributed by atoms with Crippen molar-refractivity contribution >= 4 is 17.4 Å². The Bertz CT molecular complexity index is 503. The van der Waals surface area contributed by atoms with Gasteiger partial charge < -0.3 is 10.6 Å². The summed E-state index contributed by atoms with van der Waals surface area (Å²) in [4.78, 5) is 4.88. The van der Waals surface area contributed by atoms with Crippen molar-refractivity contribution in [2.45, 2.75) is 32.4 Å². The van der Waals surface area contributed by atoms with E-state index in [0.29, 0.717) is 16.6 Å². The zero-order valence-electron chi connectivity index (χ0n) is 12.9. The number of nitrogen functional groups attached to an aromatic ring is 1. The Morgan fingerprint density at radius 3 is 2.90 bits per heavy atom. The number of hydrogen-bond acceptors (Lipinski definition) is 3. The zero-order valence-corrected chi connectivity index (χ0v) is 13.7. The van der Waals surface area contributed by atoms with Crippen LogP contribution in [0.25, 0.3) is 0 Å². The van der Waals surface area contributed by atoms with Gasteiger partial charge in [-0.2, -0.15) is 0 Å². The molecular weight excluding hydrogens is 284 g/mol. The molecule has 1 aromatic rings. The summed E-state index contributed by atoms with van der Waals surface area (Å²) >= 11 is 6.30. The molecule has 2 rings (SSSR count). The fraction of sp³-hybridized carbons (Fsp3) is 0.562. The lowest BCUT2D eigenvalue weighted by molar-refractivity contribution is 0.195. The van der Waals surface area contributed by atoms with Crippen LogP contribution in [0, 0.1) is 5.41 Å². The summed E-state index contributed by atoms with van der Waals surface area (Å²) in [6, 6.07) is 6.28. The number of benzene rings is 1. The van der Waals surface area contributed by atoms with Crippen LogP contribution in [0.3, 0.4) is 0 Å². The summed E-state index contributed by atoms with van der Waals surface area (Å²) in [6.07, 6.45) is 2.59. The van der Waals surface area contributed by atoms with Gasteiger partial charge in [0.2, 0.25) is 0 Å². The van der Waals surface area contributed by atoms with Crippen LogP contribution in [-0.4, -0.2) is 48.4 Å². The molecule has 1 fully saturated rings. The highest BCUT2D eigenvalue weighted by molar-refractivity contribution is 6.31. The largest absolute Gasteiger partial charge is 0.384 e. The average Bonchev–Trinajstić information content (AvgIpc) is 2.87. The third-order valence-electron chi connectivity index (χ3n) is 4.23. The number of amidine groups is 1. The van der Waals surface area contributed by atoms with Gasteiger partial charge in [-0.3, -0.25) is 10.3 Å². The van der Waals surface area contributed by atoms with Gasteiger partial charge in [-0.1, -0.05) is 30.7 Å². The van der Waals surface area contributed by atoms with Crippen LogP contribution in [-0.2, 0) is 6.54 Å². The molecule has 5 heteroatoms. The van der Waals surface area contributed by atoms with Crippen LogP contribution in [0.15, 0.2) is 18.2 Å². The van der Waals surface area contributed by atoms with Crippen LogP contribution in [0.2, 0.25) is 5.02 Å². The van der Waals surface area contributed by atoms with E-state index in [-0.39, 0.29) is 5.84 Å². The van der Waals surface area contributed by atoms with Crippen LogP contribution in [0.4, 0.5) is 0 Å². The molecule has 21 heavy (non-hydrogen) atoms. The van der Waals surface area contributed by atoms with Crippen molar-refractivity contribution in [3.8, 4) is 0 Å². The standard InChI is InChI=1S/C16H25ClN4/c1-3-21-8-4-5-14(21)11-20(2)10-13-7-6-12(16(18)19)9-15(13)17/h6-7,9,14H,3-5,8,10-11H2,1-2H3,(H3,18,19). The lowest BCUT2D eigenvalue weighted by atomic mass is 10.1. The molecule has 3 N–H and O–H groups in total. The monoisotopic (exact) mass is 308 g/mol. The van der Waals surface area contributed by atoms with Crippen molar-refractivity contribution in [3.63, 3.8) is 0 Å². The molecule has 0 spiro atoms. The molecule has 1 heterocycles. The van der Waals surface area contributed by atoms with Crippen molar-refractivity contribution < 1.29 is 0 Å². The maximum Gasteiger partial charge on any atom is 0.122 e. The highest BCUT2D eigenvalue weighted by Gasteiger charge is 2.24. The Balaban J connectivity index is 1.96. The topological polar surface area (TPSA) is 56.4 Å². The van der Waals surface area contributed by atoms with E-state index in [0.717, 1.165) is 25.2 Å². The minimum absolute atomic E-state index is 0.0568. The highest BCUT2D eigenvalue weighted by Crippen LogP contribution is 2.21. The molecule has 0 aromatic heterocycles. The predicted molar refractivity (Wildman–Crippen MR) is 89.1 cm³/mol. The van der Waals surface area contributed by atoms with Gasteiger partial charge in [0.1, 0.15) is 5.84 Å². The highest BCUT2D eigenvalue weighted by atomic mass is 35.5. The molecule has 0 bridgehead atoms. The van der Waals surface area contributed by atoms with E-state index in [2.05, 4.69) is 23.8 Å². The number of likely N-dealkylation sites (tertiary alicyclic amines) is 1. The molecule has 1 aliphatic heterocycles. The second-order valence-electron chi connectivity index (χ2n) is 5.84. The van der Waals surface area contributed by atoms with Gasteiger partial charge >= 0.3 is 0 Å². The van der Waals surface area contributed by atoms with E-state index in [9.17, 15) is 0 Å². The number of nitrogens with one attached hydrogen (secondary N) is 1. The smallest absolute Gasteiger partial charge is 0.122 e. The van der Waals surface area contributed by atoms with Gasteiger partial charge in [-0.15, -0.1) is 0 Å². The van der Waals surface area contributed by atoms with Gasteiger partial charge in [-0.25, -0.2) is 0 Å². The van der Waals surface area contributed by atoms with Crippen molar-refractivity contribution in [1.82, 2.24) is 9.80 Å². The van der Waals surface area contributed by atoms with E-state index < -0.39 is 0 Å². The minimum atomic E-state index is 0.0568. The number of nitrogens with two attached hydrogens (primary N) is 1. The number of likely N-dealkylation sites (N-methyl/N-ethyl adjacent to an activating group) is 2. The molecule has 1 unspecified atom stereocenters. The van der Waals surface area contributed by atoms with Crippen LogP contribution in [0.5, 0.6) is 0 Å². The van der Waals surface area contributed by atoms with E-state index in [1.807, 2.05) is 12.1 Å². The molecule has 0 amide bonds. The normalized spacial score (nSPS) is 19.3. The third-order valence-corrected chi connectivity index (χ3v) is 4.58. The Kier molecular flexibility index (Phi) is 5.62. The summed E-state index contributed by atoms with van der Waals surface area (Å²) in [6.45, 7) is 6.48. The second kappa shape index (κ2) is 7.25. The number of rotatable bonds is 6. The van der Waals surface area contributed by atoms with Crippen LogP contribution < -0.4 is 5.73 Å². The fourth-order valence-corrected chi connectivity index (χ4v) is 3.32. The first kappa shape index (κ1) is 16.3. The average molecular weight is 309 g/mol. The first-order valence-corrected chi connectivity index (χ1v) is 7.94. The minimum Gasteiger partial charge on any atom is -0.384 e. The first-order valence-electron chi connectivity index (χ1n) is 7.56. The molecule has 1 aliphatic rings. The lowest BCUT2D eigenvalue weighted by Gasteiger charge is -2.28. The maximum atomic E-state index is 7.44. The Labute approximate surface area is 132 Å². The maximum absolute atomic E-state index is 7.44. The predicted octanol–water partition coefficient (Wildman–Crippen LogP) is 2.54. The molecule has 0 aliphatic carbocycles. The second-order valence-corrected chi connectivity index (χ2v) is 6.25. The quantitative estimate of drug-likeness (QED) is 0.627. The van der Waals surface area contributed by atoms with Gasteiger partial charge in [0.15, 0.2) is 0 Å². The van der Waals surface area contributed by atoms with Crippen molar-refractivity contribution in [2.24, 2.45) is 5.73 Å². The molecule has 0 saturated carbocycles. The molecule has 0 radical (unpaired) electrons. The lowest BCUT2D eigenvalue weighted by Crippen LogP contribution is -2.38. The van der Waals surface area contributed by atoms with E-state index >= 15 is 0 Å². The SMILES string of the molecule is CCN1CCCC1CN(C)Cc1ccc(C(=N)N)cc1Cl. The Morgan fingerprint density at radius 2 is 2.29 bits per heavy atom. The molecule has 4 nitrogen and oxygen atoms in total. The van der Waals surface area contributed by atoms with Gasteiger partial charge in [0.05, 0.1) is 0 Å². The van der Waals surface area contributed by atoms with E-state index in [1.165, 1.54) is 19.4 Å². The van der Waals surface area contributed by atoms with E-state index in [4.69, 9.17) is 22.7 Å². The summed E-state index contributed by atoms with van der Waals surface area (Å²) in [7, 11) is 2.14. The molecule has 1 saturated heterocycles. The summed E-state index contributed by atoms with van der Waals surface area (Å²) in [5, 5.41) is 8.13. The summed E-state index contributed by atoms with van der Waals surface area (Å²) in [5.74, 6) is 0.0568. The van der Waals surface area contributed by atoms with Crippen LogP contribution in [0.1, 0.15) is 30.9 Å². The first-order chi connectivity index (χ1) is 10.0. The Hall–Kier alpha value is -1.10. The third kappa shape index (κ3) is 4.19.